The van der Waals surface area contributed by atoms with Crippen LogP contribution >= 0.6 is 0 Å². The molecule has 1 aliphatic rings. The van der Waals surface area contributed by atoms with Gasteiger partial charge in [0.1, 0.15) is 5.75 Å². The van der Waals surface area contributed by atoms with Crippen LogP contribution in [-0.4, -0.2) is 19.3 Å². The largest absolute Gasteiger partial charge is 0.544 e. The molecule has 0 aromatic heterocycles. The molecule has 3 rings (SSSR count). The van der Waals surface area contributed by atoms with Crippen LogP contribution < -0.4 is 9.74 Å². The maximum Gasteiger partial charge on any atom is 0.265 e. The fourth-order valence-electron chi connectivity index (χ4n) is 3.98. The van der Waals surface area contributed by atoms with Gasteiger partial charge in [0, 0.05) is 5.56 Å². The monoisotopic (exact) mass is 405 g/mol. The Balaban J connectivity index is 1.91. The van der Waals surface area contributed by atoms with E-state index in [4.69, 9.17) is 4.43 Å². The average molecular weight is 406 g/mol. The Morgan fingerprint density at radius 1 is 1.11 bits per heavy atom. The van der Waals surface area contributed by atoms with E-state index in [1.54, 1.807) is 24.3 Å². The van der Waals surface area contributed by atoms with Crippen LogP contribution in [0.5, 0.6) is 5.75 Å². The number of rotatable bonds is 4. The van der Waals surface area contributed by atoms with Gasteiger partial charge in [0.25, 0.3) is 5.91 Å². The van der Waals surface area contributed by atoms with Crippen LogP contribution in [0.4, 0.5) is 14.5 Å². The van der Waals surface area contributed by atoms with Crippen molar-refractivity contribution in [2.24, 2.45) is 5.41 Å². The van der Waals surface area contributed by atoms with Gasteiger partial charge in [-0.2, -0.15) is 0 Å². The summed E-state index contributed by atoms with van der Waals surface area (Å²) in [7, 11) is -1.97. The molecule has 0 spiro atoms. The molecule has 4 nitrogen and oxygen atoms in total. The lowest BCUT2D eigenvalue weighted by Crippen LogP contribution is -2.38. The summed E-state index contributed by atoms with van der Waals surface area (Å²) in [6, 6.07) is 9.62. The predicted molar refractivity (Wildman–Crippen MR) is 107 cm³/mol. The van der Waals surface area contributed by atoms with Gasteiger partial charge in [-0.1, -0.05) is 39.0 Å². The summed E-state index contributed by atoms with van der Waals surface area (Å²) in [6.07, 6.45) is 0. The van der Waals surface area contributed by atoms with Crippen molar-refractivity contribution in [2.45, 2.75) is 45.5 Å². The topological polar surface area (TPSA) is 58.6 Å². The van der Waals surface area contributed by atoms with Gasteiger partial charge >= 0.3 is 0 Å². The van der Waals surface area contributed by atoms with Crippen molar-refractivity contribution in [3.8, 4) is 5.75 Å². The van der Waals surface area contributed by atoms with E-state index in [1.165, 1.54) is 6.07 Å². The lowest BCUT2D eigenvalue weighted by atomic mass is 9.87. The third kappa shape index (κ3) is 3.68. The molecule has 1 atom stereocenters. The van der Waals surface area contributed by atoms with Gasteiger partial charge in [-0.05, 0) is 48.3 Å². The first-order valence-electron chi connectivity index (χ1n) is 9.15. The minimum absolute atomic E-state index is 0.00694. The van der Waals surface area contributed by atoms with E-state index < -0.39 is 31.5 Å². The van der Waals surface area contributed by atoms with Crippen molar-refractivity contribution >= 4 is 19.9 Å². The second-order valence-corrected chi connectivity index (χ2v) is 13.1. The molecule has 0 bridgehead atoms. The van der Waals surface area contributed by atoms with Crippen LogP contribution in [0.3, 0.4) is 0 Å². The summed E-state index contributed by atoms with van der Waals surface area (Å²) >= 11 is 0. The van der Waals surface area contributed by atoms with Crippen LogP contribution in [0.1, 0.15) is 31.9 Å². The summed E-state index contributed by atoms with van der Waals surface area (Å²) in [5.74, 6) is -2.44. The van der Waals surface area contributed by atoms with E-state index >= 15 is 0 Å². The molecular formula is C21H25F2NO3Si. The van der Waals surface area contributed by atoms with E-state index in [2.05, 4.69) is 39.2 Å². The molecule has 1 aliphatic heterocycles. The molecule has 2 aromatic carbocycles. The van der Waals surface area contributed by atoms with E-state index in [-0.39, 0.29) is 22.2 Å². The van der Waals surface area contributed by atoms with Crippen molar-refractivity contribution in [1.82, 2.24) is 0 Å². The fraction of sp³-hybridized carbons (Fsp3) is 0.381. The molecule has 7 heteroatoms. The second kappa shape index (κ2) is 6.67. The summed E-state index contributed by atoms with van der Waals surface area (Å²) in [4.78, 5) is 12.4. The SMILES string of the molecule is CC(C)(C)C[Si](C)(C)Oc1ccc(C2(O)C(=O)Nc3c2ccc(F)c3F)cc1. The number of hydrogen-bond donors (Lipinski definition) is 2. The maximum atomic E-state index is 14.0. The van der Waals surface area contributed by atoms with Gasteiger partial charge in [0.05, 0.1) is 5.69 Å². The molecule has 0 saturated carbocycles. The molecule has 0 saturated heterocycles. The van der Waals surface area contributed by atoms with Crippen LogP contribution in [-0.2, 0) is 10.4 Å². The fourth-order valence-corrected chi connectivity index (χ4v) is 7.38. The number of halogens is 2. The van der Waals surface area contributed by atoms with Gasteiger partial charge in [-0.3, -0.25) is 4.79 Å². The summed E-state index contributed by atoms with van der Waals surface area (Å²) in [6.45, 7) is 10.8. The Morgan fingerprint density at radius 2 is 1.71 bits per heavy atom. The standard InChI is InChI=1S/C21H25F2NO3Si/c1-20(2,3)12-28(4,5)27-14-8-6-13(7-9-14)21(26)15-10-11-16(22)17(23)18(15)24-19(21)25/h6-11,26H,12H2,1-5H3,(H,24,25). The van der Waals surface area contributed by atoms with Gasteiger partial charge in [0.15, 0.2) is 17.2 Å². The molecule has 28 heavy (non-hydrogen) atoms. The zero-order chi connectivity index (χ0) is 20.9. The number of fused-ring (bicyclic) bond motifs is 1. The maximum absolute atomic E-state index is 14.0. The molecule has 2 aromatic rings. The number of hydrogen-bond acceptors (Lipinski definition) is 3. The number of amides is 1. The van der Waals surface area contributed by atoms with Crippen LogP contribution in [0.15, 0.2) is 36.4 Å². The van der Waals surface area contributed by atoms with E-state index in [1.807, 2.05) is 0 Å². The Labute approximate surface area is 164 Å². The lowest BCUT2D eigenvalue weighted by Gasteiger charge is -2.31. The number of nitrogens with one attached hydrogen (secondary N) is 1. The molecule has 150 valence electrons. The van der Waals surface area contributed by atoms with Crippen molar-refractivity contribution in [2.75, 3.05) is 5.32 Å². The van der Waals surface area contributed by atoms with Gasteiger partial charge in [0.2, 0.25) is 8.32 Å². The van der Waals surface area contributed by atoms with Crippen LogP contribution in [0, 0.1) is 17.0 Å². The van der Waals surface area contributed by atoms with E-state index in [0.29, 0.717) is 5.75 Å². The van der Waals surface area contributed by atoms with Gasteiger partial charge in [-0.15, -0.1) is 0 Å². The molecule has 0 fully saturated rings. The minimum Gasteiger partial charge on any atom is -0.544 e. The summed E-state index contributed by atoms with van der Waals surface area (Å²) in [5, 5.41) is 13.3. The Kier molecular flexibility index (Phi) is 4.88. The van der Waals surface area contributed by atoms with Crippen LogP contribution in [0.2, 0.25) is 19.1 Å². The minimum atomic E-state index is -2.08. The zero-order valence-corrected chi connectivity index (χ0v) is 17.7. The normalized spacial score (nSPS) is 19.4. The first-order valence-corrected chi connectivity index (χ1v) is 12.3. The Bertz CT molecular complexity index is 922. The van der Waals surface area contributed by atoms with Crippen molar-refractivity contribution in [3.63, 3.8) is 0 Å². The number of anilines is 1. The first-order chi connectivity index (χ1) is 12.8. The summed E-state index contributed by atoms with van der Waals surface area (Å²) in [5.41, 5.74) is -2.01. The third-order valence-electron chi connectivity index (χ3n) is 4.67. The molecule has 1 heterocycles. The molecule has 0 aliphatic carbocycles. The number of carbonyl (C=O) groups is 1. The molecule has 0 radical (unpaired) electrons. The van der Waals surface area contributed by atoms with Gasteiger partial charge < -0.3 is 14.8 Å². The Hall–Kier alpha value is -2.25. The highest BCUT2D eigenvalue weighted by atomic mass is 28.4. The molecule has 2 N–H and O–H groups in total. The van der Waals surface area contributed by atoms with Crippen molar-refractivity contribution in [3.05, 3.63) is 59.2 Å². The smallest absolute Gasteiger partial charge is 0.265 e. The first kappa shape index (κ1) is 20.5. The highest BCUT2D eigenvalue weighted by Crippen LogP contribution is 2.43. The van der Waals surface area contributed by atoms with Crippen LogP contribution in [0.25, 0.3) is 0 Å². The van der Waals surface area contributed by atoms with E-state index in [9.17, 15) is 18.7 Å². The lowest BCUT2D eigenvalue weighted by molar-refractivity contribution is -0.129. The molecular weight excluding hydrogens is 380 g/mol. The average Bonchev–Trinajstić information content (AvgIpc) is 2.82. The molecule has 1 amide bonds. The Morgan fingerprint density at radius 3 is 2.29 bits per heavy atom. The third-order valence-corrected chi connectivity index (χ3v) is 7.37. The van der Waals surface area contributed by atoms with Gasteiger partial charge in [-0.25, -0.2) is 8.78 Å². The zero-order valence-electron chi connectivity index (χ0n) is 16.7. The number of benzene rings is 2. The highest BCUT2D eigenvalue weighted by Gasteiger charge is 2.48. The van der Waals surface area contributed by atoms with Crippen molar-refractivity contribution in [1.29, 1.82) is 0 Å². The summed E-state index contributed by atoms with van der Waals surface area (Å²) < 4.78 is 33.7. The predicted octanol–water partition coefficient (Wildman–Crippen LogP) is 4.78. The van der Waals surface area contributed by atoms with Crippen molar-refractivity contribution < 1.29 is 23.1 Å². The quantitative estimate of drug-likeness (QED) is 0.720. The number of carbonyl (C=O) groups excluding carboxylic acids is 1. The number of aliphatic hydroxyl groups is 1. The second-order valence-electron chi connectivity index (χ2n) is 9.07. The molecule has 1 unspecified atom stereocenters. The highest BCUT2D eigenvalue weighted by molar-refractivity contribution is 6.72. The van der Waals surface area contributed by atoms with E-state index in [0.717, 1.165) is 12.1 Å².